The van der Waals surface area contributed by atoms with E-state index in [1.165, 1.54) is 128 Å². The topological polar surface area (TPSA) is 307 Å². The maximum Gasteiger partial charge on any atom is 0.220 e. The first-order valence-corrected chi connectivity index (χ1v) is 31.7. The fourth-order valence-electron chi connectivity index (χ4n) is 10.7. The molecule has 3 aliphatic rings. The number of hydrogen-bond donors (Lipinski definition) is 12. The average molecular weight is 1160 g/mol. The molecule has 0 aromatic carbocycles. The Morgan fingerprint density at radius 2 is 0.790 bits per heavy atom. The number of carbonyl (C=O) groups is 1. The molecule has 474 valence electrons. The van der Waals surface area contributed by atoms with Crippen molar-refractivity contribution >= 4 is 5.91 Å². The van der Waals surface area contributed by atoms with E-state index in [-0.39, 0.29) is 18.9 Å². The van der Waals surface area contributed by atoms with Gasteiger partial charge in [-0.3, -0.25) is 4.79 Å². The third-order valence-electron chi connectivity index (χ3n) is 15.9. The molecule has 1 amide bonds. The van der Waals surface area contributed by atoms with Crippen LogP contribution in [0.2, 0.25) is 0 Å². The smallest absolute Gasteiger partial charge is 0.220 e. The second kappa shape index (κ2) is 45.3. The maximum atomic E-state index is 13.1. The van der Waals surface area contributed by atoms with E-state index in [2.05, 4.69) is 43.5 Å². The van der Waals surface area contributed by atoms with Gasteiger partial charge in [0.15, 0.2) is 18.9 Å². The van der Waals surface area contributed by atoms with Gasteiger partial charge >= 0.3 is 0 Å². The number of aliphatic hydroxyl groups excluding tert-OH is 11. The van der Waals surface area contributed by atoms with Crippen molar-refractivity contribution in [3.8, 4) is 0 Å². The molecule has 0 radical (unpaired) electrons. The van der Waals surface area contributed by atoms with Crippen LogP contribution in [-0.4, -0.2) is 193 Å². The summed E-state index contributed by atoms with van der Waals surface area (Å²) in [6, 6.07) is -0.991. The predicted octanol–water partition coefficient (Wildman–Crippen LogP) is 6.49. The molecule has 0 bridgehead atoms. The Morgan fingerprint density at radius 1 is 0.432 bits per heavy atom. The number of nitrogens with one attached hydrogen (secondary N) is 1. The second-order valence-corrected chi connectivity index (χ2v) is 22.9. The van der Waals surface area contributed by atoms with Crippen molar-refractivity contribution in [3.63, 3.8) is 0 Å². The first kappa shape index (κ1) is 73.3. The minimum Gasteiger partial charge on any atom is -0.394 e. The Bertz CT molecular complexity index is 1620. The van der Waals surface area contributed by atoms with Crippen LogP contribution in [0.15, 0.2) is 36.5 Å². The van der Waals surface area contributed by atoms with Crippen molar-refractivity contribution in [3.05, 3.63) is 36.5 Å². The van der Waals surface area contributed by atoms with Gasteiger partial charge in [-0.25, -0.2) is 0 Å². The van der Waals surface area contributed by atoms with E-state index in [1.807, 2.05) is 6.08 Å². The molecule has 3 rings (SSSR count). The fraction of sp³-hybridized carbons (Fsp3) is 0.887. The molecule has 0 aromatic heterocycles. The highest BCUT2D eigenvalue weighted by atomic mass is 16.8. The third-order valence-corrected chi connectivity index (χ3v) is 15.9. The van der Waals surface area contributed by atoms with E-state index in [9.17, 15) is 61.0 Å². The van der Waals surface area contributed by atoms with E-state index in [0.717, 1.165) is 57.8 Å². The van der Waals surface area contributed by atoms with Gasteiger partial charge in [-0.1, -0.05) is 204 Å². The molecule has 81 heavy (non-hydrogen) atoms. The molecule has 0 aliphatic carbocycles. The Balaban J connectivity index is 1.38. The summed E-state index contributed by atoms with van der Waals surface area (Å²) >= 11 is 0. The number of ether oxygens (including phenoxy) is 6. The Hall–Kier alpha value is -1.99. The molecule has 0 aromatic rings. The summed E-state index contributed by atoms with van der Waals surface area (Å²) in [7, 11) is 0. The predicted molar refractivity (Wildman–Crippen MR) is 309 cm³/mol. The number of rotatable bonds is 47. The summed E-state index contributed by atoms with van der Waals surface area (Å²) in [5.74, 6) is -0.300. The number of allylic oxidation sites excluding steroid dienone is 5. The molecule has 0 spiro atoms. The van der Waals surface area contributed by atoms with Gasteiger partial charge in [0.2, 0.25) is 5.91 Å². The Morgan fingerprint density at radius 3 is 1.23 bits per heavy atom. The lowest BCUT2D eigenvalue weighted by Crippen LogP contribution is -2.66. The van der Waals surface area contributed by atoms with Gasteiger partial charge in [0, 0.05) is 6.42 Å². The molecule has 17 unspecified atom stereocenters. The van der Waals surface area contributed by atoms with Crippen LogP contribution in [0.3, 0.4) is 0 Å². The molecule has 3 saturated heterocycles. The van der Waals surface area contributed by atoms with Crippen molar-refractivity contribution in [2.24, 2.45) is 0 Å². The monoisotopic (exact) mass is 1160 g/mol. The van der Waals surface area contributed by atoms with Gasteiger partial charge in [0.25, 0.3) is 0 Å². The van der Waals surface area contributed by atoms with Gasteiger partial charge < -0.3 is 89.9 Å². The molecule has 19 heteroatoms. The van der Waals surface area contributed by atoms with Crippen molar-refractivity contribution in [1.82, 2.24) is 5.32 Å². The Kier molecular flexibility index (Phi) is 41.0. The lowest BCUT2D eigenvalue weighted by atomic mass is 9.96. The van der Waals surface area contributed by atoms with Crippen LogP contribution in [0.5, 0.6) is 0 Å². The first-order chi connectivity index (χ1) is 39.3. The summed E-state index contributed by atoms with van der Waals surface area (Å²) in [4.78, 5) is 13.1. The highest BCUT2D eigenvalue weighted by molar-refractivity contribution is 5.76. The van der Waals surface area contributed by atoms with Crippen LogP contribution in [0, 0.1) is 0 Å². The fourth-order valence-corrected chi connectivity index (χ4v) is 10.7. The van der Waals surface area contributed by atoms with Gasteiger partial charge in [-0.05, 0) is 44.9 Å². The molecular formula is C62H113NO18. The lowest BCUT2D eigenvalue weighted by Gasteiger charge is -2.48. The summed E-state index contributed by atoms with van der Waals surface area (Å²) in [5.41, 5.74) is 0. The minimum absolute atomic E-state index is 0.229. The normalized spacial score (nSPS) is 30.0. The van der Waals surface area contributed by atoms with Gasteiger partial charge in [0.1, 0.15) is 73.2 Å². The van der Waals surface area contributed by atoms with Crippen LogP contribution < -0.4 is 5.32 Å². The minimum atomic E-state index is -1.98. The second-order valence-electron chi connectivity index (χ2n) is 22.9. The van der Waals surface area contributed by atoms with E-state index in [0.29, 0.717) is 12.8 Å². The molecule has 19 nitrogen and oxygen atoms in total. The van der Waals surface area contributed by atoms with Gasteiger partial charge in [0.05, 0.1) is 38.6 Å². The standard InChI is InChI=1S/C62H113NO18/c1-3-5-7-9-11-12-13-14-15-16-17-18-19-20-21-22-23-24-25-26-27-28-29-30-31-32-33-34-35-37-39-46(67)45(63-50(68)40-38-36-10-8-6-4-2)44-76-60-56(74)53(71)58(48(42-65)78-60)81-62-57(75)54(72)59(49(43-66)79-62)80-61-55(73)52(70)51(69)47(41-64)77-61/h28-29,32-33,37,39,45-49,51-62,64-67,69-75H,3-27,30-31,34-36,38,40-44H2,1-2H3,(H,63,68)/b29-28+,33-32+,39-37+. The molecule has 12 N–H and O–H groups in total. The molecular weight excluding hydrogens is 1050 g/mol. The zero-order valence-corrected chi connectivity index (χ0v) is 49.5. The number of hydrogen-bond acceptors (Lipinski definition) is 18. The molecule has 17 atom stereocenters. The van der Waals surface area contributed by atoms with Crippen LogP contribution in [0.1, 0.15) is 219 Å². The molecule has 3 heterocycles. The maximum absolute atomic E-state index is 13.1. The zero-order valence-electron chi connectivity index (χ0n) is 49.5. The van der Waals surface area contributed by atoms with Crippen molar-refractivity contribution < 1.29 is 89.4 Å². The van der Waals surface area contributed by atoms with E-state index in [1.54, 1.807) is 6.08 Å². The summed E-state index contributed by atoms with van der Waals surface area (Å²) < 4.78 is 34.1. The summed E-state index contributed by atoms with van der Waals surface area (Å²) in [6.45, 7) is 1.61. The number of aliphatic hydroxyl groups is 11. The van der Waals surface area contributed by atoms with Crippen LogP contribution >= 0.6 is 0 Å². The first-order valence-electron chi connectivity index (χ1n) is 31.7. The molecule has 0 saturated carbocycles. The summed E-state index contributed by atoms with van der Waals surface area (Å²) in [6.07, 6.45) is 23.6. The zero-order chi connectivity index (χ0) is 59.0. The Labute approximate surface area is 485 Å². The van der Waals surface area contributed by atoms with Crippen molar-refractivity contribution in [2.75, 3.05) is 26.4 Å². The van der Waals surface area contributed by atoms with Crippen molar-refractivity contribution in [1.29, 1.82) is 0 Å². The van der Waals surface area contributed by atoms with Crippen molar-refractivity contribution in [2.45, 2.75) is 324 Å². The summed E-state index contributed by atoms with van der Waals surface area (Å²) in [5, 5.41) is 120. The number of amides is 1. The van der Waals surface area contributed by atoms with Crippen LogP contribution in [0.4, 0.5) is 0 Å². The van der Waals surface area contributed by atoms with Crippen LogP contribution in [-0.2, 0) is 33.2 Å². The van der Waals surface area contributed by atoms with E-state index >= 15 is 0 Å². The van der Waals surface area contributed by atoms with E-state index < -0.39 is 124 Å². The third kappa shape index (κ3) is 28.8. The van der Waals surface area contributed by atoms with Gasteiger partial charge in [-0.2, -0.15) is 0 Å². The number of carbonyl (C=O) groups excluding carboxylic acids is 1. The molecule has 3 aliphatic heterocycles. The average Bonchev–Trinajstić information content (AvgIpc) is 3.57. The SMILES string of the molecule is CCCCCCCCCCCCCCCCCCCCCC/C=C/CC/C=C/CC/C=C/C(O)C(COC1OC(CO)C(OC2OC(CO)C(OC3OC(CO)C(O)C(O)C3O)C(O)C2O)C(O)C1O)NC(=O)CCCCCCCC. The number of unbranched alkanes of at least 4 members (excludes halogenated alkanes) is 27. The largest absolute Gasteiger partial charge is 0.394 e. The van der Waals surface area contributed by atoms with Gasteiger partial charge in [-0.15, -0.1) is 0 Å². The quantitative estimate of drug-likeness (QED) is 0.0229. The molecule has 3 fully saturated rings. The lowest BCUT2D eigenvalue weighted by molar-refractivity contribution is -0.379. The van der Waals surface area contributed by atoms with Crippen LogP contribution in [0.25, 0.3) is 0 Å². The highest BCUT2D eigenvalue weighted by Crippen LogP contribution is 2.33. The van der Waals surface area contributed by atoms with E-state index in [4.69, 9.17) is 28.4 Å². The highest BCUT2D eigenvalue weighted by Gasteiger charge is 2.53.